The van der Waals surface area contributed by atoms with Crippen LogP contribution in [0.4, 0.5) is 10.8 Å². The van der Waals surface area contributed by atoms with E-state index in [1.54, 1.807) is 17.5 Å². The van der Waals surface area contributed by atoms with Crippen LogP contribution in [0.5, 0.6) is 0 Å². The fourth-order valence-electron chi connectivity index (χ4n) is 1.39. The quantitative estimate of drug-likeness (QED) is 0.826. The fraction of sp³-hybridized carbons (Fsp3) is 0.154. The van der Waals surface area contributed by atoms with Crippen LogP contribution in [0.1, 0.15) is 11.3 Å². The van der Waals surface area contributed by atoms with E-state index in [1.807, 2.05) is 26.0 Å². The molecule has 0 aliphatic heterocycles. The highest BCUT2D eigenvalue weighted by atomic mass is 32.1. The summed E-state index contributed by atoms with van der Waals surface area (Å²) in [5, 5.41) is 7.19. The molecule has 19 heavy (non-hydrogen) atoms. The highest BCUT2D eigenvalue weighted by Gasteiger charge is 2.15. The van der Waals surface area contributed by atoms with Gasteiger partial charge in [0, 0.05) is 11.1 Å². The molecular weight excluding hydrogens is 262 g/mol. The molecule has 0 bridgehead atoms. The summed E-state index contributed by atoms with van der Waals surface area (Å²) in [6.45, 7) is 3.77. The Kier molecular flexibility index (Phi) is 3.91. The maximum absolute atomic E-state index is 11.7. The minimum atomic E-state index is -0.727. The molecule has 0 unspecified atom stereocenters. The lowest BCUT2D eigenvalue weighted by atomic mass is 10.2. The molecule has 2 amide bonds. The average molecular weight is 275 g/mol. The molecule has 0 saturated heterocycles. The van der Waals surface area contributed by atoms with E-state index in [0.717, 1.165) is 11.3 Å². The number of hydrogen-bond acceptors (Lipinski definition) is 4. The summed E-state index contributed by atoms with van der Waals surface area (Å²) in [7, 11) is 0. The predicted molar refractivity (Wildman–Crippen MR) is 75.3 cm³/mol. The standard InChI is InChI=1S/C13H13N3O2S/c1-8-3-5-10(6-4-8)15-11(17)12(18)16-13-14-9(2)7-19-13/h3-7H,1-2H3,(H,15,17)(H,14,16,18). The van der Waals surface area contributed by atoms with Gasteiger partial charge in [-0.1, -0.05) is 17.7 Å². The van der Waals surface area contributed by atoms with Crippen molar-refractivity contribution in [2.75, 3.05) is 10.6 Å². The van der Waals surface area contributed by atoms with E-state index in [0.29, 0.717) is 10.8 Å². The van der Waals surface area contributed by atoms with E-state index in [-0.39, 0.29) is 0 Å². The van der Waals surface area contributed by atoms with E-state index in [9.17, 15) is 9.59 Å². The summed E-state index contributed by atoms with van der Waals surface area (Å²) in [6, 6.07) is 7.21. The molecule has 2 aromatic rings. The molecule has 2 rings (SSSR count). The van der Waals surface area contributed by atoms with Crippen molar-refractivity contribution in [2.45, 2.75) is 13.8 Å². The Morgan fingerprint density at radius 3 is 2.26 bits per heavy atom. The van der Waals surface area contributed by atoms with E-state index >= 15 is 0 Å². The molecule has 1 aromatic carbocycles. The Morgan fingerprint density at radius 1 is 1.05 bits per heavy atom. The SMILES string of the molecule is Cc1ccc(NC(=O)C(=O)Nc2nc(C)cs2)cc1. The zero-order valence-electron chi connectivity index (χ0n) is 10.6. The number of amides is 2. The van der Waals surface area contributed by atoms with Gasteiger partial charge in [-0.15, -0.1) is 11.3 Å². The third-order valence-corrected chi connectivity index (χ3v) is 3.23. The maximum atomic E-state index is 11.7. The number of benzene rings is 1. The van der Waals surface area contributed by atoms with E-state index < -0.39 is 11.8 Å². The monoisotopic (exact) mass is 275 g/mol. The van der Waals surface area contributed by atoms with Crippen LogP contribution in [0.25, 0.3) is 0 Å². The smallest absolute Gasteiger partial charge is 0.315 e. The van der Waals surface area contributed by atoms with Gasteiger partial charge in [0.2, 0.25) is 0 Å². The first kappa shape index (κ1) is 13.2. The summed E-state index contributed by atoms with van der Waals surface area (Å²) < 4.78 is 0. The normalized spacial score (nSPS) is 10.0. The van der Waals surface area contributed by atoms with Crippen molar-refractivity contribution in [2.24, 2.45) is 0 Å². The van der Waals surface area contributed by atoms with Crippen molar-refractivity contribution < 1.29 is 9.59 Å². The third-order valence-electron chi connectivity index (χ3n) is 2.36. The molecule has 2 N–H and O–H groups in total. The van der Waals surface area contributed by atoms with Gasteiger partial charge in [0.15, 0.2) is 5.13 Å². The van der Waals surface area contributed by atoms with Crippen molar-refractivity contribution in [1.29, 1.82) is 0 Å². The van der Waals surface area contributed by atoms with Gasteiger partial charge in [0.05, 0.1) is 5.69 Å². The lowest BCUT2D eigenvalue weighted by Crippen LogP contribution is -2.29. The van der Waals surface area contributed by atoms with Crippen molar-refractivity contribution in [1.82, 2.24) is 4.98 Å². The number of nitrogens with zero attached hydrogens (tertiary/aromatic N) is 1. The molecule has 0 aliphatic rings. The van der Waals surface area contributed by atoms with Gasteiger partial charge >= 0.3 is 11.8 Å². The van der Waals surface area contributed by atoms with Crippen molar-refractivity contribution in [3.8, 4) is 0 Å². The molecule has 0 atom stereocenters. The van der Waals surface area contributed by atoms with E-state index in [1.165, 1.54) is 11.3 Å². The molecule has 98 valence electrons. The first-order valence-corrected chi connectivity index (χ1v) is 6.53. The van der Waals surface area contributed by atoms with Crippen molar-refractivity contribution in [3.63, 3.8) is 0 Å². The Balaban J connectivity index is 1.96. The second-order valence-electron chi connectivity index (χ2n) is 4.07. The lowest BCUT2D eigenvalue weighted by Gasteiger charge is -2.04. The minimum Gasteiger partial charge on any atom is -0.318 e. The van der Waals surface area contributed by atoms with Gasteiger partial charge < -0.3 is 5.32 Å². The number of thiazole rings is 1. The maximum Gasteiger partial charge on any atom is 0.315 e. The number of carbonyl (C=O) groups excluding carboxylic acids is 2. The Labute approximate surface area is 114 Å². The summed E-state index contributed by atoms with van der Waals surface area (Å²) >= 11 is 1.28. The predicted octanol–water partition coefficient (Wildman–Crippen LogP) is 2.34. The van der Waals surface area contributed by atoms with Gasteiger partial charge in [0.1, 0.15) is 0 Å². The molecular formula is C13H13N3O2S. The van der Waals surface area contributed by atoms with Crippen LogP contribution in [0, 0.1) is 13.8 Å². The Hall–Kier alpha value is -2.21. The fourth-order valence-corrected chi connectivity index (χ4v) is 2.07. The van der Waals surface area contributed by atoms with Crippen LogP contribution < -0.4 is 10.6 Å². The molecule has 5 nitrogen and oxygen atoms in total. The van der Waals surface area contributed by atoms with Gasteiger partial charge in [-0.2, -0.15) is 0 Å². The second kappa shape index (κ2) is 5.62. The highest BCUT2D eigenvalue weighted by molar-refractivity contribution is 7.14. The summed E-state index contributed by atoms with van der Waals surface area (Å²) in [4.78, 5) is 27.4. The van der Waals surface area contributed by atoms with Crippen LogP contribution in [-0.2, 0) is 9.59 Å². The first-order chi connectivity index (χ1) is 9.04. The molecule has 6 heteroatoms. The van der Waals surface area contributed by atoms with Crippen LogP contribution in [-0.4, -0.2) is 16.8 Å². The third kappa shape index (κ3) is 3.62. The van der Waals surface area contributed by atoms with Gasteiger partial charge in [-0.25, -0.2) is 4.98 Å². The molecule has 1 heterocycles. The lowest BCUT2D eigenvalue weighted by molar-refractivity contribution is -0.132. The van der Waals surface area contributed by atoms with Gasteiger partial charge in [-0.3, -0.25) is 14.9 Å². The number of nitrogens with one attached hydrogen (secondary N) is 2. The zero-order valence-corrected chi connectivity index (χ0v) is 11.4. The summed E-state index contributed by atoms with van der Waals surface area (Å²) in [5.74, 6) is -1.44. The molecule has 0 spiro atoms. The Bertz CT molecular complexity index is 605. The second-order valence-corrected chi connectivity index (χ2v) is 4.93. The van der Waals surface area contributed by atoms with Crippen LogP contribution in [0.3, 0.4) is 0 Å². The first-order valence-electron chi connectivity index (χ1n) is 5.66. The largest absolute Gasteiger partial charge is 0.318 e. The number of aryl methyl sites for hydroxylation is 2. The van der Waals surface area contributed by atoms with Gasteiger partial charge in [-0.05, 0) is 26.0 Å². The Morgan fingerprint density at radius 2 is 1.68 bits per heavy atom. The van der Waals surface area contributed by atoms with Crippen molar-refractivity contribution >= 4 is 34.0 Å². The number of rotatable bonds is 2. The summed E-state index contributed by atoms with van der Waals surface area (Å²) in [5.41, 5.74) is 2.47. The van der Waals surface area contributed by atoms with Crippen LogP contribution in [0.15, 0.2) is 29.6 Å². The number of carbonyl (C=O) groups is 2. The topological polar surface area (TPSA) is 71.1 Å². The molecule has 1 aromatic heterocycles. The zero-order chi connectivity index (χ0) is 13.8. The van der Waals surface area contributed by atoms with E-state index in [4.69, 9.17) is 0 Å². The summed E-state index contributed by atoms with van der Waals surface area (Å²) in [6.07, 6.45) is 0. The molecule has 0 aliphatic carbocycles. The van der Waals surface area contributed by atoms with Crippen molar-refractivity contribution in [3.05, 3.63) is 40.9 Å². The minimum absolute atomic E-state index is 0.418. The van der Waals surface area contributed by atoms with E-state index in [2.05, 4.69) is 15.6 Å². The average Bonchev–Trinajstić information content (AvgIpc) is 2.77. The van der Waals surface area contributed by atoms with Gasteiger partial charge in [0.25, 0.3) is 0 Å². The number of aromatic nitrogens is 1. The molecule has 0 fully saturated rings. The molecule has 0 radical (unpaired) electrons. The van der Waals surface area contributed by atoms with Crippen LogP contribution in [0.2, 0.25) is 0 Å². The molecule has 0 saturated carbocycles. The van der Waals surface area contributed by atoms with Crippen LogP contribution >= 0.6 is 11.3 Å². The highest BCUT2D eigenvalue weighted by Crippen LogP contribution is 2.14. The number of hydrogen-bond donors (Lipinski definition) is 2. The number of anilines is 2.